The van der Waals surface area contributed by atoms with Crippen LogP contribution in [0.25, 0.3) is 0 Å². The molecule has 5 heteroatoms. The maximum Gasteiger partial charge on any atom is 0.311 e. The van der Waals surface area contributed by atoms with Gasteiger partial charge in [0.2, 0.25) is 0 Å². The lowest BCUT2D eigenvalue weighted by molar-refractivity contribution is -0.146. The van der Waals surface area contributed by atoms with Crippen LogP contribution in [0.15, 0.2) is 24.5 Å². The van der Waals surface area contributed by atoms with Crippen LogP contribution < -0.4 is 5.32 Å². The highest BCUT2D eigenvalue weighted by atomic mass is 16.2. The number of carbonyl (C=O) groups is 2. The van der Waals surface area contributed by atoms with Crippen LogP contribution in [0.5, 0.6) is 0 Å². The molecule has 5 nitrogen and oxygen atoms in total. The smallest absolute Gasteiger partial charge is 0.311 e. The summed E-state index contributed by atoms with van der Waals surface area (Å²) in [5.41, 5.74) is 0.928. The fourth-order valence-electron chi connectivity index (χ4n) is 1.84. The predicted octanol–water partition coefficient (Wildman–Crippen LogP) is 1.74. The van der Waals surface area contributed by atoms with E-state index in [0.29, 0.717) is 19.6 Å². The summed E-state index contributed by atoms with van der Waals surface area (Å²) >= 11 is 0. The first kappa shape index (κ1) is 16.1. The van der Waals surface area contributed by atoms with Crippen molar-refractivity contribution >= 4 is 11.8 Å². The summed E-state index contributed by atoms with van der Waals surface area (Å²) in [4.78, 5) is 29.5. The largest absolute Gasteiger partial charge is 0.344 e. The van der Waals surface area contributed by atoms with Crippen molar-refractivity contribution in [2.75, 3.05) is 13.1 Å². The fraction of sp³-hybridized carbons (Fsp3) is 0.533. The summed E-state index contributed by atoms with van der Waals surface area (Å²) in [6.45, 7) is 5.69. The minimum atomic E-state index is -0.536. The lowest BCUT2D eigenvalue weighted by Gasteiger charge is -2.21. The van der Waals surface area contributed by atoms with Crippen molar-refractivity contribution in [2.45, 2.75) is 39.7 Å². The van der Waals surface area contributed by atoms with Gasteiger partial charge in [-0.2, -0.15) is 0 Å². The van der Waals surface area contributed by atoms with Gasteiger partial charge in [-0.05, 0) is 30.5 Å². The Morgan fingerprint density at radius 1 is 1.15 bits per heavy atom. The second-order valence-electron chi connectivity index (χ2n) is 4.68. The van der Waals surface area contributed by atoms with Crippen molar-refractivity contribution in [3.63, 3.8) is 0 Å². The minimum absolute atomic E-state index is 0.348. The first-order valence-corrected chi connectivity index (χ1v) is 7.15. The van der Waals surface area contributed by atoms with Crippen LogP contribution in [-0.4, -0.2) is 34.8 Å². The van der Waals surface area contributed by atoms with Gasteiger partial charge >= 0.3 is 11.8 Å². The van der Waals surface area contributed by atoms with Gasteiger partial charge in [-0.15, -0.1) is 0 Å². The number of hydrogen-bond donors (Lipinski definition) is 1. The third-order valence-electron chi connectivity index (χ3n) is 2.96. The Labute approximate surface area is 120 Å². The molecule has 0 radical (unpaired) electrons. The van der Waals surface area contributed by atoms with Crippen molar-refractivity contribution in [3.8, 4) is 0 Å². The summed E-state index contributed by atoms with van der Waals surface area (Å²) in [5.74, 6) is -0.972. The molecule has 0 aliphatic carbocycles. The Bertz CT molecular complexity index is 420. The van der Waals surface area contributed by atoms with E-state index in [1.807, 2.05) is 19.1 Å². The minimum Gasteiger partial charge on any atom is -0.344 e. The standard InChI is InChI=1S/C15H23N3O2/c1-3-5-11-18(10-4-2)15(20)14(19)17-12-13-6-8-16-9-7-13/h6-9H,3-5,10-12H2,1-2H3,(H,17,19). The van der Waals surface area contributed by atoms with E-state index in [1.54, 1.807) is 17.3 Å². The molecule has 1 aromatic rings. The molecule has 20 heavy (non-hydrogen) atoms. The van der Waals surface area contributed by atoms with Gasteiger partial charge in [0.05, 0.1) is 0 Å². The summed E-state index contributed by atoms with van der Waals surface area (Å²) in [6, 6.07) is 3.62. The fourth-order valence-corrected chi connectivity index (χ4v) is 1.84. The number of unbranched alkanes of at least 4 members (excludes halogenated alkanes) is 1. The molecule has 1 heterocycles. The Morgan fingerprint density at radius 3 is 2.45 bits per heavy atom. The van der Waals surface area contributed by atoms with E-state index in [0.717, 1.165) is 24.8 Å². The predicted molar refractivity (Wildman–Crippen MR) is 77.9 cm³/mol. The zero-order chi connectivity index (χ0) is 14.8. The molecule has 0 fully saturated rings. The van der Waals surface area contributed by atoms with Gasteiger partial charge in [0, 0.05) is 32.0 Å². The number of aromatic nitrogens is 1. The molecule has 0 aromatic carbocycles. The quantitative estimate of drug-likeness (QED) is 0.772. The van der Waals surface area contributed by atoms with Crippen LogP contribution in [-0.2, 0) is 16.1 Å². The number of amides is 2. The van der Waals surface area contributed by atoms with Crippen molar-refractivity contribution in [1.29, 1.82) is 0 Å². The van der Waals surface area contributed by atoms with Gasteiger partial charge in [0.15, 0.2) is 0 Å². The zero-order valence-corrected chi connectivity index (χ0v) is 12.3. The van der Waals surface area contributed by atoms with Gasteiger partial charge in [0.25, 0.3) is 0 Å². The average molecular weight is 277 g/mol. The molecule has 1 aromatic heterocycles. The normalized spacial score (nSPS) is 10.1. The van der Waals surface area contributed by atoms with Gasteiger partial charge in [0.1, 0.15) is 0 Å². The van der Waals surface area contributed by atoms with Crippen molar-refractivity contribution in [2.24, 2.45) is 0 Å². The van der Waals surface area contributed by atoms with E-state index in [-0.39, 0.29) is 0 Å². The highest BCUT2D eigenvalue weighted by molar-refractivity contribution is 6.34. The number of hydrogen-bond acceptors (Lipinski definition) is 3. The zero-order valence-electron chi connectivity index (χ0n) is 12.3. The van der Waals surface area contributed by atoms with Crippen molar-refractivity contribution in [1.82, 2.24) is 15.2 Å². The van der Waals surface area contributed by atoms with E-state index in [9.17, 15) is 9.59 Å². The lowest BCUT2D eigenvalue weighted by atomic mass is 10.2. The molecule has 0 saturated heterocycles. The molecule has 0 aliphatic heterocycles. The van der Waals surface area contributed by atoms with Gasteiger partial charge in [-0.1, -0.05) is 20.3 Å². The molecule has 0 unspecified atom stereocenters. The summed E-state index contributed by atoms with van der Waals surface area (Å²) in [7, 11) is 0. The van der Waals surface area contributed by atoms with E-state index in [1.165, 1.54) is 0 Å². The van der Waals surface area contributed by atoms with Crippen molar-refractivity contribution < 1.29 is 9.59 Å². The third kappa shape index (κ3) is 5.38. The van der Waals surface area contributed by atoms with E-state index in [4.69, 9.17) is 0 Å². The molecule has 1 rings (SSSR count). The number of rotatable bonds is 7. The molecular weight excluding hydrogens is 254 g/mol. The molecule has 0 aliphatic rings. The van der Waals surface area contributed by atoms with Crippen LogP contribution >= 0.6 is 0 Å². The van der Waals surface area contributed by atoms with Crippen LogP contribution in [0.1, 0.15) is 38.7 Å². The first-order chi connectivity index (χ1) is 9.69. The topological polar surface area (TPSA) is 62.3 Å². The summed E-state index contributed by atoms with van der Waals surface area (Å²) in [5, 5.41) is 2.66. The third-order valence-corrected chi connectivity index (χ3v) is 2.96. The number of nitrogens with one attached hydrogen (secondary N) is 1. The molecule has 0 saturated carbocycles. The summed E-state index contributed by atoms with van der Waals surface area (Å²) in [6.07, 6.45) is 6.10. The highest BCUT2D eigenvalue weighted by Crippen LogP contribution is 1.99. The Hall–Kier alpha value is -1.91. The molecule has 0 atom stereocenters. The van der Waals surface area contributed by atoms with Gasteiger partial charge < -0.3 is 10.2 Å². The highest BCUT2D eigenvalue weighted by Gasteiger charge is 2.20. The van der Waals surface area contributed by atoms with Gasteiger partial charge in [-0.25, -0.2) is 0 Å². The maximum atomic E-state index is 12.1. The molecule has 110 valence electrons. The molecule has 0 spiro atoms. The van der Waals surface area contributed by atoms with Gasteiger partial charge in [-0.3, -0.25) is 14.6 Å². The number of pyridine rings is 1. The molecule has 1 N–H and O–H groups in total. The van der Waals surface area contributed by atoms with Crippen LogP contribution in [0.4, 0.5) is 0 Å². The lowest BCUT2D eigenvalue weighted by Crippen LogP contribution is -2.43. The average Bonchev–Trinajstić information content (AvgIpc) is 2.49. The van der Waals surface area contributed by atoms with Crippen LogP contribution in [0.3, 0.4) is 0 Å². The van der Waals surface area contributed by atoms with E-state index in [2.05, 4.69) is 17.2 Å². The number of nitrogens with zero attached hydrogens (tertiary/aromatic N) is 2. The molecule has 2 amide bonds. The Balaban J connectivity index is 2.49. The first-order valence-electron chi connectivity index (χ1n) is 7.15. The second kappa shape index (κ2) is 9.07. The number of carbonyl (C=O) groups excluding carboxylic acids is 2. The van der Waals surface area contributed by atoms with Crippen LogP contribution in [0.2, 0.25) is 0 Å². The molecular formula is C15H23N3O2. The Kier molecular flexibility index (Phi) is 7.32. The second-order valence-corrected chi connectivity index (χ2v) is 4.68. The monoisotopic (exact) mass is 277 g/mol. The van der Waals surface area contributed by atoms with Crippen LogP contribution in [0, 0.1) is 0 Å². The van der Waals surface area contributed by atoms with E-state index >= 15 is 0 Å². The Morgan fingerprint density at radius 2 is 1.85 bits per heavy atom. The molecule has 0 bridgehead atoms. The maximum absolute atomic E-state index is 12.1. The summed E-state index contributed by atoms with van der Waals surface area (Å²) < 4.78 is 0. The SMILES string of the molecule is CCCCN(CCC)C(=O)C(=O)NCc1ccncc1. The van der Waals surface area contributed by atoms with Crippen molar-refractivity contribution in [3.05, 3.63) is 30.1 Å². The van der Waals surface area contributed by atoms with E-state index < -0.39 is 11.8 Å².